The zero-order valence-corrected chi connectivity index (χ0v) is 10.8. The molecule has 0 bridgehead atoms. The summed E-state index contributed by atoms with van der Waals surface area (Å²) in [5, 5.41) is 0. The van der Waals surface area contributed by atoms with Crippen molar-refractivity contribution >= 4 is 11.0 Å². The van der Waals surface area contributed by atoms with Gasteiger partial charge in [-0.15, -0.1) is 0 Å². The number of imidazole rings is 2. The second-order valence-corrected chi connectivity index (χ2v) is 4.56. The van der Waals surface area contributed by atoms with Crippen molar-refractivity contribution in [3.05, 3.63) is 40.2 Å². The van der Waals surface area contributed by atoms with Gasteiger partial charge < -0.3 is 20.3 Å². The van der Waals surface area contributed by atoms with Gasteiger partial charge in [-0.3, -0.25) is 0 Å². The number of nitrogens with zero attached hydrogens (tertiary/aromatic N) is 2. The van der Waals surface area contributed by atoms with E-state index in [0.717, 1.165) is 33.8 Å². The predicted molar refractivity (Wildman–Crippen MR) is 73.7 cm³/mol. The van der Waals surface area contributed by atoms with Crippen molar-refractivity contribution in [1.82, 2.24) is 19.5 Å². The second kappa shape index (κ2) is 4.10. The number of aromatic nitrogens is 4. The summed E-state index contributed by atoms with van der Waals surface area (Å²) in [5.41, 5.74) is 10.0. The molecule has 6 nitrogen and oxygen atoms in total. The van der Waals surface area contributed by atoms with Gasteiger partial charge in [-0.2, -0.15) is 0 Å². The summed E-state index contributed by atoms with van der Waals surface area (Å²) in [7, 11) is 1.95. The van der Waals surface area contributed by atoms with Crippen LogP contribution < -0.4 is 11.4 Å². The Kier molecular flexibility index (Phi) is 2.53. The Balaban J connectivity index is 2.23. The number of nitrogens with one attached hydrogen (secondary N) is 2. The normalized spacial score (nSPS) is 11.3. The van der Waals surface area contributed by atoms with Gasteiger partial charge in [-0.05, 0) is 19.1 Å². The van der Waals surface area contributed by atoms with Crippen LogP contribution in [0.25, 0.3) is 22.3 Å². The molecule has 3 rings (SSSR count). The maximum absolute atomic E-state index is 11.3. The molecule has 0 amide bonds. The molecule has 6 heteroatoms. The highest BCUT2D eigenvalue weighted by Gasteiger charge is 2.13. The molecule has 0 saturated carbocycles. The lowest BCUT2D eigenvalue weighted by Gasteiger charge is -2.06. The van der Waals surface area contributed by atoms with E-state index < -0.39 is 0 Å². The number of fused-ring (bicyclic) bond motifs is 1. The molecule has 1 aromatic carbocycles. The zero-order valence-electron chi connectivity index (χ0n) is 10.8. The topological polar surface area (TPSA) is 92.5 Å². The first-order valence-electron chi connectivity index (χ1n) is 6.05. The molecule has 98 valence electrons. The smallest absolute Gasteiger partial charge is 0.323 e. The maximum Gasteiger partial charge on any atom is 0.323 e. The molecule has 0 saturated heterocycles. The number of rotatable bonds is 2. The van der Waals surface area contributed by atoms with Crippen molar-refractivity contribution in [2.75, 3.05) is 0 Å². The molecule has 19 heavy (non-hydrogen) atoms. The molecule has 0 fully saturated rings. The van der Waals surface area contributed by atoms with Crippen LogP contribution in [0.4, 0.5) is 0 Å². The summed E-state index contributed by atoms with van der Waals surface area (Å²) in [6.45, 7) is 2.36. The predicted octanol–water partition coefficient (Wildman–Crippen LogP) is 1.02. The summed E-state index contributed by atoms with van der Waals surface area (Å²) in [6, 6.07) is 5.80. The van der Waals surface area contributed by atoms with Crippen LogP contribution in [-0.2, 0) is 13.6 Å². The molecule has 0 spiro atoms. The Morgan fingerprint density at radius 2 is 2.05 bits per heavy atom. The van der Waals surface area contributed by atoms with E-state index in [0.29, 0.717) is 6.54 Å². The molecule has 0 aliphatic carbocycles. The van der Waals surface area contributed by atoms with E-state index >= 15 is 0 Å². The van der Waals surface area contributed by atoms with Crippen LogP contribution in [0.5, 0.6) is 0 Å². The minimum Gasteiger partial charge on any atom is -0.330 e. The number of benzene rings is 1. The van der Waals surface area contributed by atoms with E-state index in [4.69, 9.17) is 5.73 Å². The first-order chi connectivity index (χ1) is 9.10. The van der Waals surface area contributed by atoms with Gasteiger partial charge in [0.05, 0.1) is 29.0 Å². The van der Waals surface area contributed by atoms with Crippen molar-refractivity contribution in [2.24, 2.45) is 12.8 Å². The van der Waals surface area contributed by atoms with Gasteiger partial charge in [0.25, 0.3) is 0 Å². The number of hydrogen-bond donors (Lipinski definition) is 3. The van der Waals surface area contributed by atoms with Crippen LogP contribution in [0.1, 0.15) is 11.5 Å². The minimum absolute atomic E-state index is 0.198. The lowest BCUT2D eigenvalue weighted by Crippen LogP contribution is -2.05. The average Bonchev–Trinajstić information content (AvgIpc) is 2.87. The Labute approximate surface area is 109 Å². The molecule has 3 aromatic rings. The highest BCUT2D eigenvalue weighted by molar-refractivity contribution is 5.81. The van der Waals surface area contributed by atoms with Crippen molar-refractivity contribution in [3.63, 3.8) is 0 Å². The number of H-pyrrole nitrogens is 2. The van der Waals surface area contributed by atoms with Gasteiger partial charge in [0, 0.05) is 12.6 Å². The largest absolute Gasteiger partial charge is 0.330 e. The van der Waals surface area contributed by atoms with Crippen LogP contribution in [0.3, 0.4) is 0 Å². The fourth-order valence-corrected chi connectivity index (χ4v) is 2.46. The minimum atomic E-state index is -0.198. The van der Waals surface area contributed by atoms with E-state index in [-0.39, 0.29) is 5.69 Å². The second-order valence-electron chi connectivity index (χ2n) is 4.56. The number of nitrogens with two attached hydrogens (primary N) is 1. The van der Waals surface area contributed by atoms with E-state index in [9.17, 15) is 4.79 Å². The van der Waals surface area contributed by atoms with Crippen LogP contribution in [0, 0.1) is 6.92 Å². The van der Waals surface area contributed by atoms with E-state index in [1.807, 2.05) is 36.7 Å². The number of aromatic amines is 2. The molecule has 0 atom stereocenters. The fraction of sp³-hybridized carbons (Fsp3) is 0.231. The van der Waals surface area contributed by atoms with Crippen molar-refractivity contribution in [1.29, 1.82) is 0 Å². The van der Waals surface area contributed by atoms with Gasteiger partial charge in [0.1, 0.15) is 5.82 Å². The highest BCUT2D eigenvalue weighted by Crippen LogP contribution is 2.25. The first-order valence-corrected chi connectivity index (χ1v) is 6.05. The van der Waals surface area contributed by atoms with Gasteiger partial charge in [0.2, 0.25) is 0 Å². The summed E-state index contributed by atoms with van der Waals surface area (Å²) in [4.78, 5) is 21.2. The molecule has 0 unspecified atom stereocenters. The standard InChI is InChI=1S/C13H15N5O/c1-7-12(18(2)11(6-14)15-7)8-3-4-9-10(5-8)17-13(19)16-9/h3-5H,6,14H2,1-2H3,(H2,16,17,19). The van der Waals surface area contributed by atoms with Crippen LogP contribution in [0.2, 0.25) is 0 Å². The lowest BCUT2D eigenvalue weighted by atomic mass is 10.1. The fourth-order valence-electron chi connectivity index (χ4n) is 2.46. The van der Waals surface area contributed by atoms with Crippen molar-refractivity contribution in [3.8, 4) is 11.3 Å². The first kappa shape index (κ1) is 11.7. The average molecular weight is 257 g/mol. The molecule has 0 aliphatic rings. The van der Waals surface area contributed by atoms with Gasteiger partial charge >= 0.3 is 5.69 Å². The van der Waals surface area contributed by atoms with Crippen molar-refractivity contribution < 1.29 is 0 Å². The quantitative estimate of drug-likeness (QED) is 0.640. The Bertz CT molecular complexity index is 808. The molecule has 0 aliphatic heterocycles. The lowest BCUT2D eigenvalue weighted by molar-refractivity contribution is 0.798. The molecule has 0 radical (unpaired) electrons. The van der Waals surface area contributed by atoms with E-state index in [2.05, 4.69) is 15.0 Å². The Hall–Kier alpha value is -2.34. The zero-order chi connectivity index (χ0) is 13.6. The van der Waals surface area contributed by atoms with Gasteiger partial charge in [-0.25, -0.2) is 9.78 Å². The highest BCUT2D eigenvalue weighted by atomic mass is 16.1. The maximum atomic E-state index is 11.3. The van der Waals surface area contributed by atoms with Gasteiger partial charge in [-0.1, -0.05) is 6.07 Å². The van der Waals surface area contributed by atoms with Crippen LogP contribution in [0.15, 0.2) is 23.0 Å². The Morgan fingerprint density at radius 3 is 2.74 bits per heavy atom. The monoisotopic (exact) mass is 257 g/mol. The summed E-state index contributed by atoms with van der Waals surface area (Å²) in [6.07, 6.45) is 0. The number of hydrogen-bond acceptors (Lipinski definition) is 3. The van der Waals surface area contributed by atoms with E-state index in [1.54, 1.807) is 0 Å². The molecular weight excluding hydrogens is 242 g/mol. The van der Waals surface area contributed by atoms with E-state index in [1.165, 1.54) is 0 Å². The SMILES string of the molecule is Cc1nc(CN)n(C)c1-c1ccc2[nH]c(=O)[nH]c2c1. The Morgan fingerprint density at radius 1 is 1.32 bits per heavy atom. The van der Waals surface area contributed by atoms with Crippen LogP contribution in [-0.4, -0.2) is 19.5 Å². The summed E-state index contributed by atoms with van der Waals surface area (Å²) in [5.74, 6) is 0.843. The third-order valence-corrected chi connectivity index (χ3v) is 3.33. The summed E-state index contributed by atoms with van der Waals surface area (Å²) >= 11 is 0. The van der Waals surface area contributed by atoms with Gasteiger partial charge in [0.15, 0.2) is 0 Å². The van der Waals surface area contributed by atoms with Crippen LogP contribution >= 0.6 is 0 Å². The number of aryl methyl sites for hydroxylation is 1. The molecule has 4 N–H and O–H groups in total. The third-order valence-electron chi connectivity index (χ3n) is 3.33. The third kappa shape index (κ3) is 1.77. The van der Waals surface area contributed by atoms with Crippen molar-refractivity contribution in [2.45, 2.75) is 13.5 Å². The molecule has 2 heterocycles. The summed E-state index contributed by atoms with van der Waals surface area (Å²) < 4.78 is 1.99. The molecule has 2 aromatic heterocycles. The molecular formula is C13H15N5O.